The molecule has 33 heavy (non-hydrogen) atoms. The summed E-state index contributed by atoms with van der Waals surface area (Å²) in [6.07, 6.45) is -0.136. The van der Waals surface area contributed by atoms with Crippen LogP contribution >= 0.6 is 0 Å². The Bertz CT molecular complexity index is 515. The van der Waals surface area contributed by atoms with Crippen molar-refractivity contribution in [3.63, 3.8) is 0 Å². The molecule has 0 N–H and O–H groups in total. The number of nitrogens with zero attached hydrogens (tertiary/aromatic N) is 1. The standard InChI is InChI=1S/C23H45NO9/c1-22(2,3)32-20(25)8-10-27-12-14-29-16-18-31-19-17-30-15-13-28-11-9-24(7)21(26)33-23(4,5)6/h8-19H2,1-7H3. The van der Waals surface area contributed by atoms with Crippen LogP contribution in [0.1, 0.15) is 48.0 Å². The molecule has 0 spiro atoms. The van der Waals surface area contributed by atoms with Crippen LogP contribution < -0.4 is 0 Å². The Labute approximate surface area is 199 Å². The van der Waals surface area contributed by atoms with E-state index < -0.39 is 11.2 Å². The van der Waals surface area contributed by atoms with E-state index in [0.717, 1.165) is 0 Å². The van der Waals surface area contributed by atoms with E-state index in [2.05, 4.69) is 0 Å². The molecule has 0 radical (unpaired) electrons. The van der Waals surface area contributed by atoms with Crippen molar-refractivity contribution < 1.29 is 42.7 Å². The second-order valence-corrected chi connectivity index (χ2v) is 9.30. The highest BCUT2D eigenvalue weighted by molar-refractivity contribution is 5.69. The van der Waals surface area contributed by atoms with E-state index in [1.807, 2.05) is 41.5 Å². The molecule has 10 nitrogen and oxygen atoms in total. The van der Waals surface area contributed by atoms with Gasteiger partial charge in [0.15, 0.2) is 0 Å². The number of likely N-dealkylation sites (N-methyl/N-ethyl adjacent to an activating group) is 1. The highest BCUT2D eigenvalue weighted by Gasteiger charge is 2.19. The molecule has 0 aromatic heterocycles. The molecule has 0 saturated heterocycles. The molecule has 0 aliphatic rings. The van der Waals surface area contributed by atoms with Gasteiger partial charge in [0.25, 0.3) is 0 Å². The average molecular weight is 480 g/mol. The van der Waals surface area contributed by atoms with Gasteiger partial charge in [-0.15, -0.1) is 0 Å². The molecule has 10 heteroatoms. The first-order chi connectivity index (χ1) is 15.4. The van der Waals surface area contributed by atoms with Gasteiger partial charge in [0.1, 0.15) is 11.2 Å². The van der Waals surface area contributed by atoms with Crippen LogP contribution in [-0.4, -0.2) is 108 Å². The van der Waals surface area contributed by atoms with Crippen LogP contribution in [0.3, 0.4) is 0 Å². The van der Waals surface area contributed by atoms with Crippen molar-refractivity contribution in [1.29, 1.82) is 0 Å². The van der Waals surface area contributed by atoms with E-state index in [9.17, 15) is 9.59 Å². The molecule has 0 aliphatic heterocycles. The summed E-state index contributed by atoms with van der Waals surface area (Å²) in [5.41, 5.74) is -0.978. The first-order valence-electron chi connectivity index (χ1n) is 11.5. The van der Waals surface area contributed by atoms with Crippen molar-refractivity contribution in [3.05, 3.63) is 0 Å². The SMILES string of the molecule is CN(CCOCCOCCOCCOCCOCCC(=O)OC(C)(C)C)C(=O)OC(C)(C)C. The fourth-order valence-electron chi connectivity index (χ4n) is 2.16. The maximum Gasteiger partial charge on any atom is 0.410 e. The molecule has 0 aromatic rings. The largest absolute Gasteiger partial charge is 0.460 e. The van der Waals surface area contributed by atoms with Gasteiger partial charge in [-0.1, -0.05) is 0 Å². The molecule has 0 rings (SSSR count). The van der Waals surface area contributed by atoms with Crippen molar-refractivity contribution in [2.24, 2.45) is 0 Å². The van der Waals surface area contributed by atoms with E-state index in [1.54, 1.807) is 7.05 Å². The summed E-state index contributed by atoms with van der Waals surface area (Å²) in [4.78, 5) is 24.8. The lowest BCUT2D eigenvalue weighted by molar-refractivity contribution is -0.156. The van der Waals surface area contributed by atoms with Gasteiger partial charge < -0.3 is 38.1 Å². The Kier molecular flexibility index (Phi) is 17.1. The van der Waals surface area contributed by atoms with Crippen molar-refractivity contribution in [3.8, 4) is 0 Å². The third-order valence-electron chi connectivity index (χ3n) is 3.63. The Morgan fingerprint density at radius 3 is 1.33 bits per heavy atom. The van der Waals surface area contributed by atoms with Crippen LogP contribution in [0.2, 0.25) is 0 Å². The molecule has 0 unspecified atom stereocenters. The smallest absolute Gasteiger partial charge is 0.410 e. The number of amides is 1. The summed E-state index contributed by atoms with van der Waals surface area (Å²) in [5, 5.41) is 0. The quantitative estimate of drug-likeness (QED) is 0.217. The van der Waals surface area contributed by atoms with Gasteiger partial charge in [0, 0.05) is 13.6 Å². The molecular weight excluding hydrogens is 434 g/mol. The van der Waals surface area contributed by atoms with Gasteiger partial charge in [-0.05, 0) is 41.5 Å². The van der Waals surface area contributed by atoms with Gasteiger partial charge in [0.05, 0.1) is 72.5 Å². The minimum Gasteiger partial charge on any atom is -0.460 e. The van der Waals surface area contributed by atoms with E-state index in [4.69, 9.17) is 33.2 Å². The van der Waals surface area contributed by atoms with Crippen LogP contribution in [-0.2, 0) is 38.0 Å². The Morgan fingerprint density at radius 2 is 0.939 bits per heavy atom. The Hall–Kier alpha value is -1.46. The lowest BCUT2D eigenvalue weighted by Gasteiger charge is -2.24. The van der Waals surface area contributed by atoms with Crippen molar-refractivity contribution in [2.45, 2.75) is 59.2 Å². The number of carbonyl (C=O) groups is 2. The van der Waals surface area contributed by atoms with E-state index in [1.165, 1.54) is 4.90 Å². The minimum atomic E-state index is -0.507. The number of esters is 1. The lowest BCUT2D eigenvalue weighted by Crippen LogP contribution is -2.36. The molecule has 0 atom stereocenters. The number of hydrogen-bond acceptors (Lipinski definition) is 9. The van der Waals surface area contributed by atoms with Gasteiger partial charge in [0.2, 0.25) is 0 Å². The third-order valence-corrected chi connectivity index (χ3v) is 3.63. The summed E-state index contributed by atoms with van der Waals surface area (Å²) in [6, 6.07) is 0. The molecule has 0 heterocycles. The van der Waals surface area contributed by atoms with E-state index in [-0.39, 0.29) is 18.5 Å². The summed E-state index contributed by atoms with van der Waals surface area (Å²) in [7, 11) is 1.68. The topological polar surface area (TPSA) is 102 Å². The Morgan fingerprint density at radius 1 is 0.576 bits per heavy atom. The van der Waals surface area contributed by atoms with Gasteiger partial charge in [-0.25, -0.2) is 4.79 Å². The van der Waals surface area contributed by atoms with Crippen LogP contribution in [0, 0.1) is 0 Å². The monoisotopic (exact) mass is 479 g/mol. The van der Waals surface area contributed by atoms with E-state index >= 15 is 0 Å². The van der Waals surface area contributed by atoms with Crippen LogP contribution in [0.5, 0.6) is 0 Å². The van der Waals surface area contributed by atoms with Gasteiger partial charge in [-0.3, -0.25) is 4.79 Å². The first-order valence-corrected chi connectivity index (χ1v) is 11.5. The predicted octanol–water partition coefficient (Wildman–Crippen LogP) is 2.67. The van der Waals surface area contributed by atoms with E-state index in [0.29, 0.717) is 72.6 Å². The fraction of sp³-hybridized carbons (Fsp3) is 0.913. The van der Waals surface area contributed by atoms with Crippen molar-refractivity contribution >= 4 is 12.1 Å². The molecule has 0 fully saturated rings. The zero-order valence-electron chi connectivity index (χ0n) is 21.6. The number of rotatable bonds is 18. The highest BCUT2D eigenvalue weighted by atomic mass is 16.6. The van der Waals surface area contributed by atoms with Crippen LogP contribution in [0.25, 0.3) is 0 Å². The minimum absolute atomic E-state index is 0.231. The normalized spacial score (nSPS) is 12.0. The second kappa shape index (κ2) is 17.9. The van der Waals surface area contributed by atoms with Gasteiger partial charge in [-0.2, -0.15) is 0 Å². The van der Waals surface area contributed by atoms with Crippen LogP contribution in [0.4, 0.5) is 4.79 Å². The van der Waals surface area contributed by atoms with Gasteiger partial charge >= 0.3 is 12.1 Å². The molecule has 0 aromatic carbocycles. The lowest BCUT2D eigenvalue weighted by atomic mass is 10.2. The predicted molar refractivity (Wildman–Crippen MR) is 123 cm³/mol. The van der Waals surface area contributed by atoms with Crippen molar-refractivity contribution in [1.82, 2.24) is 4.90 Å². The number of hydrogen-bond donors (Lipinski definition) is 0. The average Bonchev–Trinajstić information content (AvgIpc) is 2.67. The van der Waals surface area contributed by atoms with Crippen molar-refractivity contribution in [2.75, 3.05) is 79.7 Å². The Balaban J connectivity index is 3.32. The highest BCUT2D eigenvalue weighted by Crippen LogP contribution is 2.09. The summed E-state index contributed by atoms with van der Waals surface area (Å²) in [5.74, 6) is -0.267. The zero-order valence-corrected chi connectivity index (χ0v) is 21.6. The molecule has 1 amide bonds. The fourth-order valence-corrected chi connectivity index (χ4v) is 2.16. The summed E-state index contributed by atoms with van der Waals surface area (Å²) >= 11 is 0. The van der Waals surface area contributed by atoms with Crippen LogP contribution in [0.15, 0.2) is 0 Å². The summed E-state index contributed by atoms with van der Waals surface area (Å²) in [6.45, 7) is 15.8. The number of carbonyl (C=O) groups excluding carboxylic acids is 2. The molecule has 0 saturated carbocycles. The zero-order chi connectivity index (χ0) is 25.2. The molecule has 0 aliphatic carbocycles. The maximum atomic E-state index is 11.8. The summed E-state index contributed by atoms with van der Waals surface area (Å²) < 4.78 is 37.5. The molecule has 0 bridgehead atoms. The molecular formula is C23H45NO9. The first kappa shape index (κ1) is 31.5. The maximum absolute atomic E-state index is 11.8. The number of ether oxygens (including phenoxy) is 7. The molecule has 196 valence electrons. The third kappa shape index (κ3) is 23.5. The second-order valence-electron chi connectivity index (χ2n) is 9.30.